The van der Waals surface area contributed by atoms with Crippen molar-refractivity contribution in [2.75, 3.05) is 11.9 Å². The fourth-order valence-electron chi connectivity index (χ4n) is 2.30. The minimum absolute atomic E-state index is 0.120. The Labute approximate surface area is 136 Å². The third-order valence-electron chi connectivity index (χ3n) is 3.51. The van der Waals surface area contributed by atoms with Crippen LogP contribution in [0.25, 0.3) is 0 Å². The largest absolute Gasteiger partial charge is 0.462 e. The second-order valence-electron chi connectivity index (χ2n) is 5.35. The van der Waals surface area contributed by atoms with Gasteiger partial charge in [0, 0.05) is 5.92 Å². The molecular weight excluding hydrogens is 290 g/mol. The van der Waals surface area contributed by atoms with Gasteiger partial charge in [-0.2, -0.15) is 0 Å². The summed E-state index contributed by atoms with van der Waals surface area (Å²) >= 11 is 0. The Morgan fingerprint density at radius 3 is 2.39 bits per heavy atom. The number of carbonyl (C=O) groups is 2. The maximum atomic E-state index is 12.4. The van der Waals surface area contributed by atoms with E-state index in [1.807, 2.05) is 37.3 Å². The first kappa shape index (κ1) is 16.7. The van der Waals surface area contributed by atoms with E-state index < -0.39 is 5.97 Å². The summed E-state index contributed by atoms with van der Waals surface area (Å²) in [6.45, 7) is 3.92. The number of amides is 1. The molecule has 0 bridgehead atoms. The first-order valence-corrected chi connectivity index (χ1v) is 7.72. The van der Waals surface area contributed by atoms with Gasteiger partial charge in [0.2, 0.25) is 5.91 Å². The van der Waals surface area contributed by atoms with Crippen LogP contribution in [0.2, 0.25) is 0 Å². The maximum absolute atomic E-state index is 12.4. The molecule has 0 spiro atoms. The van der Waals surface area contributed by atoms with Crippen LogP contribution in [0.15, 0.2) is 54.6 Å². The number of benzene rings is 2. The Balaban J connectivity index is 2.06. The molecule has 1 unspecified atom stereocenters. The van der Waals surface area contributed by atoms with Gasteiger partial charge in [0.05, 0.1) is 17.9 Å². The predicted octanol–water partition coefficient (Wildman–Crippen LogP) is 3.68. The zero-order valence-corrected chi connectivity index (χ0v) is 13.4. The molecule has 2 rings (SSSR count). The van der Waals surface area contributed by atoms with Gasteiger partial charge in [-0.05, 0) is 31.0 Å². The predicted molar refractivity (Wildman–Crippen MR) is 90.3 cm³/mol. The van der Waals surface area contributed by atoms with E-state index in [0.717, 1.165) is 5.56 Å². The lowest BCUT2D eigenvalue weighted by atomic mass is 10.00. The summed E-state index contributed by atoms with van der Waals surface area (Å²) in [7, 11) is 0. The molecule has 0 fully saturated rings. The molecule has 0 aliphatic rings. The van der Waals surface area contributed by atoms with Crippen LogP contribution < -0.4 is 5.32 Å². The monoisotopic (exact) mass is 311 g/mol. The number of hydrogen-bond acceptors (Lipinski definition) is 3. The molecule has 120 valence electrons. The van der Waals surface area contributed by atoms with Crippen molar-refractivity contribution in [2.24, 2.45) is 5.92 Å². The summed E-state index contributed by atoms with van der Waals surface area (Å²) in [5.41, 5.74) is 1.96. The Bertz CT molecular complexity index is 667. The first-order chi connectivity index (χ1) is 11.1. The van der Waals surface area contributed by atoms with E-state index >= 15 is 0 Å². The topological polar surface area (TPSA) is 55.4 Å². The van der Waals surface area contributed by atoms with Crippen LogP contribution in [-0.2, 0) is 16.0 Å². The highest BCUT2D eigenvalue weighted by Gasteiger charge is 2.18. The Morgan fingerprint density at radius 1 is 1.04 bits per heavy atom. The fourth-order valence-corrected chi connectivity index (χ4v) is 2.30. The van der Waals surface area contributed by atoms with E-state index in [-0.39, 0.29) is 11.8 Å². The van der Waals surface area contributed by atoms with Crippen molar-refractivity contribution in [3.8, 4) is 0 Å². The third-order valence-corrected chi connectivity index (χ3v) is 3.51. The number of nitrogens with one attached hydrogen (secondary N) is 1. The van der Waals surface area contributed by atoms with E-state index in [0.29, 0.717) is 24.3 Å². The second-order valence-corrected chi connectivity index (χ2v) is 5.35. The molecule has 0 aromatic heterocycles. The highest BCUT2D eigenvalue weighted by molar-refractivity contribution is 6.01. The van der Waals surface area contributed by atoms with Gasteiger partial charge in [-0.1, -0.05) is 49.4 Å². The molecule has 0 saturated carbocycles. The van der Waals surface area contributed by atoms with Gasteiger partial charge >= 0.3 is 5.97 Å². The summed E-state index contributed by atoms with van der Waals surface area (Å²) in [6.07, 6.45) is 0.647. The van der Waals surface area contributed by atoms with Crippen LogP contribution in [0.4, 0.5) is 5.69 Å². The molecule has 0 heterocycles. The number of anilines is 1. The van der Waals surface area contributed by atoms with Crippen LogP contribution in [0.5, 0.6) is 0 Å². The standard InChI is InChI=1S/C19H21NO3/c1-3-23-19(22)16-11-7-8-12-17(16)20-18(21)14(2)13-15-9-5-4-6-10-15/h4-12,14H,3,13H2,1-2H3,(H,20,21). The molecular formula is C19H21NO3. The summed E-state index contributed by atoms with van der Waals surface area (Å²) < 4.78 is 5.02. The quantitative estimate of drug-likeness (QED) is 0.828. The number of esters is 1. The molecule has 1 amide bonds. The molecule has 2 aromatic carbocycles. The molecule has 0 radical (unpaired) electrons. The normalized spacial score (nSPS) is 11.6. The number of para-hydroxylation sites is 1. The van der Waals surface area contributed by atoms with Gasteiger partial charge < -0.3 is 10.1 Å². The van der Waals surface area contributed by atoms with Crippen molar-refractivity contribution in [1.29, 1.82) is 0 Å². The molecule has 0 aliphatic heterocycles. The summed E-state index contributed by atoms with van der Waals surface area (Å²) in [4.78, 5) is 24.3. The van der Waals surface area contributed by atoms with Crippen LogP contribution >= 0.6 is 0 Å². The Kier molecular flexibility index (Phi) is 5.92. The van der Waals surface area contributed by atoms with Gasteiger partial charge in [0.25, 0.3) is 0 Å². The molecule has 2 aromatic rings. The average Bonchev–Trinajstić information content (AvgIpc) is 2.56. The van der Waals surface area contributed by atoms with Gasteiger partial charge in [0.15, 0.2) is 0 Å². The van der Waals surface area contributed by atoms with Gasteiger partial charge in [-0.25, -0.2) is 4.79 Å². The van der Waals surface area contributed by atoms with E-state index in [9.17, 15) is 9.59 Å². The number of ether oxygens (including phenoxy) is 1. The highest BCUT2D eigenvalue weighted by atomic mass is 16.5. The molecule has 1 atom stereocenters. The molecule has 0 saturated heterocycles. The first-order valence-electron chi connectivity index (χ1n) is 7.72. The lowest BCUT2D eigenvalue weighted by molar-refractivity contribution is -0.119. The van der Waals surface area contributed by atoms with Crippen molar-refractivity contribution in [1.82, 2.24) is 0 Å². The minimum Gasteiger partial charge on any atom is -0.462 e. The highest BCUT2D eigenvalue weighted by Crippen LogP contribution is 2.18. The summed E-state index contributed by atoms with van der Waals surface area (Å²) in [6, 6.07) is 16.7. The fraction of sp³-hybridized carbons (Fsp3) is 0.263. The zero-order valence-electron chi connectivity index (χ0n) is 13.4. The van der Waals surface area contributed by atoms with E-state index in [4.69, 9.17) is 4.74 Å². The number of rotatable bonds is 6. The molecule has 1 N–H and O–H groups in total. The second kappa shape index (κ2) is 8.13. The lowest BCUT2D eigenvalue weighted by Crippen LogP contribution is -2.23. The van der Waals surface area contributed by atoms with Crippen LogP contribution in [0.1, 0.15) is 29.8 Å². The average molecular weight is 311 g/mol. The maximum Gasteiger partial charge on any atom is 0.340 e. The van der Waals surface area contributed by atoms with Crippen LogP contribution in [0, 0.1) is 5.92 Å². The Hall–Kier alpha value is -2.62. The van der Waals surface area contributed by atoms with E-state index in [1.54, 1.807) is 31.2 Å². The van der Waals surface area contributed by atoms with Crippen LogP contribution in [-0.4, -0.2) is 18.5 Å². The SMILES string of the molecule is CCOC(=O)c1ccccc1NC(=O)C(C)Cc1ccccc1. The van der Waals surface area contributed by atoms with Crippen LogP contribution in [0.3, 0.4) is 0 Å². The van der Waals surface area contributed by atoms with Crippen molar-refractivity contribution < 1.29 is 14.3 Å². The van der Waals surface area contributed by atoms with Crippen molar-refractivity contribution in [3.05, 3.63) is 65.7 Å². The Morgan fingerprint density at radius 2 is 1.70 bits per heavy atom. The van der Waals surface area contributed by atoms with Crippen molar-refractivity contribution in [2.45, 2.75) is 20.3 Å². The summed E-state index contributed by atoms with van der Waals surface area (Å²) in [5.74, 6) is -0.752. The van der Waals surface area contributed by atoms with Gasteiger partial charge in [-0.15, -0.1) is 0 Å². The third kappa shape index (κ3) is 4.68. The lowest BCUT2D eigenvalue weighted by Gasteiger charge is -2.14. The number of carbonyl (C=O) groups excluding carboxylic acids is 2. The van der Waals surface area contributed by atoms with E-state index in [1.165, 1.54) is 0 Å². The molecule has 23 heavy (non-hydrogen) atoms. The minimum atomic E-state index is -0.431. The van der Waals surface area contributed by atoms with Gasteiger partial charge in [-0.3, -0.25) is 4.79 Å². The molecule has 4 nitrogen and oxygen atoms in total. The zero-order chi connectivity index (χ0) is 16.7. The smallest absolute Gasteiger partial charge is 0.340 e. The van der Waals surface area contributed by atoms with Gasteiger partial charge in [0.1, 0.15) is 0 Å². The van der Waals surface area contributed by atoms with Crippen molar-refractivity contribution in [3.63, 3.8) is 0 Å². The molecule has 0 aliphatic carbocycles. The van der Waals surface area contributed by atoms with E-state index in [2.05, 4.69) is 5.32 Å². The summed E-state index contributed by atoms with van der Waals surface area (Å²) in [5, 5.41) is 2.83. The van der Waals surface area contributed by atoms with Crippen molar-refractivity contribution >= 4 is 17.6 Å². The number of hydrogen-bond donors (Lipinski definition) is 1. The molecule has 4 heteroatoms.